The summed E-state index contributed by atoms with van der Waals surface area (Å²) in [5.74, 6) is -1.46. The summed E-state index contributed by atoms with van der Waals surface area (Å²) in [6.45, 7) is 5.55. The molecule has 0 aliphatic carbocycles. The van der Waals surface area contributed by atoms with E-state index >= 15 is 0 Å². The van der Waals surface area contributed by atoms with E-state index in [4.69, 9.17) is 5.73 Å². The number of carboxylic acid groups (broad SMARTS) is 1. The van der Waals surface area contributed by atoms with Gasteiger partial charge in [-0.1, -0.05) is 48.8 Å². The predicted molar refractivity (Wildman–Crippen MR) is 111 cm³/mol. The first-order chi connectivity index (χ1) is 13.5. The molecule has 2 rings (SSSR count). The Morgan fingerprint density at radius 3 is 2.41 bits per heavy atom. The molecule has 0 saturated carbocycles. The van der Waals surface area contributed by atoms with Crippen LogP contribution in [0.25, 0.3) is 0 Å². The van der Waals surface area contributed by atoms with Gasteiger partial charge in [-0.3, -0.25) is 14.4 Å². The number of aliphatic carboxylic acids is 1. The Bertz CT molecular complexity index is 749. The highest BCUT2D eigenvalue weighted by molar-refractivity contribution is 9.10. The predicted octanol–water partition coefficient (Wildman–Crippen LogP) is 1.72. The lowest BCUT2D eigenvalue weighted by molar-refractivity contribution is -0.145. The molecular weight excluding hydrogens is 442 g/mol. The molecule has 0 radical (unpaired) electrons. The van der Waals surface area contributed by atoms with Gasteiger partial charge in [-0.25, -0.2) is 0 Å². The standard InChI is InChI=1S/C20H28BrN3O5/c1-20(2,3)18(22)19(29)23-10-14(26)8-16(23)24(11-25)15(9-17(27)28)12-4-6-13(21)7-5-12/h4-7,11,14-16,18,26H,8-10,22H2,1-3H3,(H,27,28)/t14-,15+,16-,18+/m1/s1. The number of hydrogen-bond acceptors (Lipinski definition) is 5. The van der Waals surface area contributed by atoms with E-state index in [0.717, 1.165) is 4.47 Å². The van der Waals surface area contributed by atoms with E-state index in [1.807, 2.05) is 20.8 Å². The van der Waals surface area contributed by atoms with Crippen LogP contribution in [0.15, 0.2) is 28.7 Å². The summed E-state index contributed by atoms with van der Waals surface area (Å²) in [6.07, 6.45) is -1.26. The molecule has 1 aliphatic rings. The largest absolute Gasteiger partial charge is 0.481 e. The van der Waals surface area contributed by atoms with E-state index in [1.54, 1.807) is 24.3 Å². The summed E-state index contributed by atoms with van der Waals surface area (Å²) in [4.78, 5) is 39.3. The van der Waals surface area contributed by atoms with E-state index in [9.17, 15) is 24.6 Å². The number of carbonyl (C=O) groups excluding carboxylic acids is 2. The number of nitrogens with zero attached hydrogens (tertiary/aromatic N) is 2. The summed E-state index contributed by atoms with van der Waals surface area (Å²) in [6, 6.07) is 5.35. The van der Waals surface area contributed by atoms with Crippen LogP contribution in [-0.4, -0.2) is 63.2 Å². The molecular formula is C20H28BrN3O5. The van der Waals surface area contributed by atoms with Crippen molar-refractivity contribution >= 4 is 34.2 Å². The summed E-state index contributed by atoms with van der Waals surface area (Å²) in [7, 11) is 0. The highest BCUT2D eigenvalue weighted by Crippen LogP contribution is 2.33. The first-order valence-corrected chi connectivity index (χ1v) is 10.2. The van der Waals surface area contributed by atoms with Crippen molar-refractivity contribution in [2.45, 2.75) is 58.0 Å². The van der Waals surface area contributed by atoms with Crippen LogP contribution < -0.4 is 5.73 Å². The molecule has 2 amide bonds. The van der Waals surface area contributed by atoms with Gasteiger partial charge < -0.3 is 25.7 Å². The van der Waals surface area contributed by atoms with E-state index in [2.05, 4.69) is 15.9 Å². The monoisotopic (exact) mass is 469 g/mol. The summed E-state index contributed by atoms with van der Waals surface area (Å²) in [5, 5.41) is 19.6. The van der Waals surface area contributed by atoms with Gasteiger partial charge in [0.15, 0.2) is 0 Å². The van der Waals surface area contributed by atoms with Crippen molar-refractivity contribution in [1.29, 1.82) is 0 Å². The second-order valence-corrected chi connectivity index (χ2v) is 9.34. The number of benzene rings is 1. The van der Waals surface area contributed by atoms with Crippen LogP contribution in [0, 0.1) is 5.41 Å². The minimum Gasteiger partial charge on any atom is -0.481 e. The Kier molecular flexibility index (Phi) is 7.42. The molecule has 8 nitrogen and oxygen atoms in total. The molecule has 4 N–H and O–H groups in total. The van der Waals surface area contributed by atoms with Gasteiger partial charge in [-0.2, -0.15) is 0 Å². The normalized spacial score (nSPS) is 21.5. The zero-order chi connectivity index (χ0) is 21.9. The number of β-amino-alcohol motifs (C(OH)–C–C–N with tert-alkyl or cyclic N) is 1. The van der Waals surface area contributed by atoms with Gasteiger partial charge in [0.1, 0.15) is 6.17 Å². The average molecular weight is 470 g/mol. The third-order valence-corrected chi connectivity index (χ3v) is 5.71. The fourth-order valence-corrected chi connectivity index (χ4v) is 3.72. The van der Waals surface area contributed by atoms with Crippen molar-refractivity contribution in [3.05, 3.63) is 34.3 Å². The highest BCUT2D eigenvalue weighted by atomic mass is 79.9. The molecule has 1 saturated heterocycles. The number of nitrogens with two attached hydrogens (primary N) is 1. The molecule has 0 unspecified atom stereocenters. The third-order valence-electron chi connectivity index (χ3n) is 5.18. The Morgan fingerprint density at radius 1 is 1.34 bits per heavy atom. The number of aliphatic hydroxyl groups excluding tert-OH is 1. The smallest absolute Gasteiger partial charge is 0.305 e. The lowest BCUT2D eigenvalue weighted by Gasteiger charge is -2.39. The van der Waals surface area contributed by atoms with Gasteiger partial charge in [0.05, 0.1) is 24.6 Å². The van der Waals surface area contributed by atoms with Crippen LogP contribution >= 0.6 is 15.9 Å². The minimum absolute atomic E-state index is 0.0394. The fourth-order valence-electron chi connectivity index (χ4n) is 3.46. The van der Waals surface area contributed by atoms with Crippen LogP contribution in [0.2, 0.25) is 0 Å². The van der Waals surface area contributed by atoms with Gasteiger partial charge in [-0.15, -0.1) is 0 Å². The molecule has 1 fully saturated rings. The Labute approximate surface area is 178 Å². The van der Waals surface area contributed by atoms with E-state index < -0.39 is 35.7 Å². The molecule has 1 aliphatic heterocycles. The molecule has 160 valence electrons. The van der Waals surface area contributed by atoms with Gasteiger partial charge in [0, 0.05) is 17.4 Å². The number of carboxylic acids is 1. The summed E-state index contributed by atoms with van der Waals surface area (Å²) in [5.41, 5.74) is 6.24. The second-order valence-electron chi connectivity index (χ2n) is 8.42. The molecule has 1 aromatic carbocycles. The Hall–Kier alpha value is -1.97. The molecule has 0 spiro atoms. The summed E-state index contributed by atoms with van der Waals surface area (Å²) < 4.78 is 0.817. The lowest BCUT2D eigenvalue weighted by atomic mass is 9.86. The van der Waals surface area contributed by atoms with Gasteiger partial charge in [-0.05, 0) is 23.1 Å². The maximum absolute atomic E-state index is 13.0. The number of rotatable bonds is 7. The molecule has 9 heteroatoms. The van der Waals surface area contributed by atoms with Crippen molar-refractivity contribution < 1.29 is 24.6 Å². The van der Waals surface area contributed by atoms with E-state index in [0.29, 0.717) is 12.0 Å². The second kappa shape index (κ2) is 9.23. The first-order valence-electron chi connectivity index (χ1n) is 9.39. The number of halogens is 1. The highest BCUT2D eigenvalue weighted by Gasteiger charge is 2.44. The van der Waals surface area contributed by atoms with Crippen LogP contribution in [0.1, 0.15) is 45.2 Å². The molecule has 0 aromatic heterocycles. The summed E-state index contributed by atoms with van der Waals surface area (Å²) >= 11 is 3.34. The lowest BCUT2D eigenvalue weighted by Crippen LogP contribution is -2.56. The maximum atomic E-state index is 13.0. The molecule has 1 heterocycles. The zero-order valence-corrected chi connectivity index (χ0v) is 18.4. The van der Waals surface area contributed by atoms with E-state index in [-0.39, 0.29) is 25.3 Å². The minimum atomic E-state index is -1.08. The van der Waals surface area contributed by atoms with Gasteiger partial charge in [0.25, 0.3) is 0 Å². The van der Waals surface area contributed by atoms with Crippen molar-refractivity contribution in [3.8, 4) is 0 Å². The van der Waals surface area contributed by atoms with Crippen LogP contribution in [0.5, 0.6) is 0 Å². The number of likely N-dealkylation sites (tertiary alicyclic amines) is 1. The Balaban J connectivity index is 2.40. The van der Waals surface area contributed by atoms with Crippen molar-refractivity contribution in [2.24, 2.45) is 11.1 Å². The van der Waals surface area contributed by atoms with Gasteiger partial charge in [0.2, 0.25) is 12.3 Å². The third kappa shape index (κ3) is 5.55. The van der Waals surface area contributed by atoms with Crippen molar-refractivity contribution in [1.82, 2.24) is 9.80 Å². The SMILES string of the molecule is CC(C)(C)[C@@H](N)C(=O)N1C[C@H](O)C[C@H]1N(C=O)[C@@H](CC(=O)O)c1ccc(Br)cc1. The van der Waals surface area contributed by atoms with Gasteiger partial charge >= 0.3 is 5.97 Å². The topological polar surface area (TPSA) is 124 Å². The number of hydrogen-bond donors (Lipinski definition) is 3. The zero-order valence-electron chi connectivity index (χ0n) is 16.8. The Morgan fingerprint density at radius 2 is 1.93 bits per heavy atom. The molecule has 0 bridgehead atoms. The maximum Gasteiger partial charge on any atom is 0.305 e. The number of aliphatic hydroxyl groups is 1. The molecule has 1 aromatic rings. The van der Waals surface area contributed by atoms with Crippen LogP contribution in [0.4, 0.5) is 0 Å². The number of carbonyl (C=O) groups is 3. The van der Waals surface area contributed by atoms with Crippen molar-refractivity contribution in [3.63, 3.8) is 0 Å². The quantitative estimate of drug-likeness (QED) is 0.522. The average Bonchev–Trinajstić information content (AvgIpc) is 3.01. The van der Waals surface area contributed by atoms with Crippen LogP contribution in [-0.2, 0) is 14.4 Å². The fraction of sp³-hybridized carbons (Fsp3) is 0.550. The number of amides is 2. The van der Waals surface area contributed by atoms with Crippen molar-refractivity contribution in [2.75, 3.05) is 6.54 Å². The molecule has 29 heavy (non-hydrogen) atoms. The van der Waals surface area contributed by atoms with Crippen LogP contribution in [0.3, 0.4) is 0 Å². The molecule has 4 atom stereocenters. The first kappa shape index (κ1) is 23.3. The van der Waals surface area contributed by atoms with E-state index in [1.165, 1.54) is 9.80 Å².